The summed E-state index contributed by atoms with van der Waals surface area (Å²) in [6.07, 6.45) is 2.16. The minimum Gasteiger partial charge on any atom is -0.492 e. The van der Waals surface area contributed by atoms with Crippen LogP contribution >= 0.6 is 0 Å². The number of aryl methyl sites for hydroxylation is 1. The van der Waals surface area contributed by atoms with Crippen LogP contribution in [0.3, 0.4) is 0 Å². The van der Waals surface area contributed by atoms with Crippen molar-refractivity contribution in [2.45, 2.75) is 19.8 Å². The number of aliphatic hydroxyl groups excluding tert-OH is 1. The van der Waals surface area contributed by atoms with Gasteiger partial charge in [-0.1, -0.05) is 19.1 Å². The summed E-state index contributed by atoms with van der Waals surface area (Å²) in [4.78, 5) is 2.37. The first-order chi connectivity index (χ1) is 8.81. The van der Waals surface area contributed by atoms with Crippen LogP contribution in [0.1, 0.15) is 18.9 Å². The van der Waals surface area contributed by atoms with E-state index in [1.54, 1.807) is 0 Å². The molecule has 1 aromatic rings. The molecule has 0 aromatic heterocycles. The Morgan fingerprint density at radius 1 is 1.44 bits per heavy atom. The molecule has 1 unspecified atom stereocenters. The van der Waals surface area contributed by atoms with Crippen molar-refractivity contribution in [3.05, 3.63) is 29.8 Å². The van der Waals surface area contributed by atoms with Gasteiger partial charge in [-0.15, -0.1) is 0 Å². The van der Waals surface area contributed by atoms with Crippen LogP contribution in [0.5, 0.6) is 5.75 Å². The Bertz CT molecular complexity index is 367. The molecular weight excluding hydrogens is 226 g/mol. The molecule has 1 fully saturated rings. The van der Waals surface area contributed by atoms with E-state index in [2.05, 4.69) is 24.0 Å². The minimum absolute atomic E-state index is 0.315. The number of aliphatic hydroxyl groups is 1. The Balaban J connectivity index is 1.72. The fourth-order valence-corrected chi connectivity index (χ4v) is 2.41. The van der Waals surface area contributed by atoms with Gasteiger partial charge in [-0.3, -0.25) is 4.90 Å². The first kappa shape index (κ1) is 13.4. The molecule has 1 atom stereocenters. The van der Waals surface area contributed by atoms with E-state index in [0.717, 1.165) is 44.8 Å². The van der Waals surface area contributed by atoms with Gasteiger partial charge < -0.3 is 9.84 Å². The third-order valence-electron chi connectivity index (χ3n) is 3.61. The summed E-state index contributed by atoms with van der Waals surface area (Å²) in [6, 6.07) is 8.30. The highest BCUT2D eigenvalue weighted by molar-refractivity contribution is 5.28. The highest BCUT2D eigenvalue weighted by Crippen LogP contribution is 2.16. The maximum absolute atomic E-state index is 9.09. The zero-order chi connectivity index (χ0) is 12.8. The molecule has 100 valence electrons. The quantitative estimate of drug-likeness (QED) is 0.836. The van der Waals surface area contributed by atoms with Gasteiger partial charge in [-0.25, -0.2) is 0 Å². The molecule has 3 heteroatoms. The van der Waals surface area contributed by atoms with Crippen LogP contribution < -0.4 is 4.74 Å². The Hall–Kier alpha value is -1.06. The molecular formula is C15H23NO2. The van der Waals surface area contributed by atoms with E-state index in [-0.39, 0.29) is 0 Å². The Morgan fingerprint density at radius 2 is 2.33 bits per heavy atom. The van der Waals surface area contributed by atoms with Gasteiger partial charge in [-0.2, -0.15) is 0 Å². The summed E-state index contributed by atoms with van der Waals surface area (Å²) < 4.78 is 5.78. The van der Waals surface area contributed by atoms with Gasteiger partial charge in [0.2, 0.25) is 0 Å². The summed E-state index contributed by atoms with van der Waals surface area (Å²) in [5.41, 5.74) is 1.31. The second-order valence-corrected chi connectivity index (χ2v) is 4.99. The van der Waals surface area contributed by atoms with Crippen molar-refractivity contribution in [3.63, 3.8) is 0 Å². The summed E-state index contributed by atoms with van der Waals surface area (Å²) in [7, 11) is 0. The minimum atomic E-state index is 0.315. The van der Waals surface area contributed by atoms with Crippen molar-refractivity contribution >= 4 is 0 Å². The topological polar surface area (TPSA) is 32.7 Å². The SMILES string of the molecule is CCc1cccc(OCCN2CCC(CO)C2)c1. The van der Waals surface area contributed by atoms with Gasteiger partial charge in [0.15, 0.2) is 0 Å². The molecule has 1 aliphatic rings. The van der Waals surface area contributed by atoms with Gasteiger partial charge in [-0.05, 0) is 43.0 Å². The number of hydrogen-bond donors (Lipinski definition) is 1. The number of benzene rings is 1. The molecule has 1 N–H and O–H groups in total. The maximum Gasteiger partial charge on any atom is 0.119 e. The zero-order valence-corrected chi connectivity index (χ0v) is 11.1. The van der Waals surface area contributed by atoms with Gasteiger partial charge in [0, 0.05) is 19.7 Å². The molecule has 1 aliphatic heterocycles. The Labute approximate surface area is 109 Å². The lowest BCUT2D eigenvalue weighted by molar-refractivity contribution is 0.204. The average molecular weight is 249 g/mol. The summed E-state index contributed by atoms with van der Waals surface area (Å²) in [5, 5.41) is 9.09. The first-order valence-electron chi connectivity index (χ1n) is 6.86. The third-order valence-corrected chi connectivity index (χ3v) is 3.61. The lowest BCUT2D eigenvalue weighted by Crippen LogP contribution is -2.26. The lowest BCUT2D eigenvalue weighted by Gasteiger charge is -2.16. The van der Waals surface area contributed by atoms with Gasteiger partial charge in [0.1, 0.15) is 12.4 Å². The number of ether oxygens (including phenoxy) is 1. The third kappa shape index (κ3) is 3.72. The van der Waals surface area contributed by atoms with E-state index >= 15 is 0 Å². The molecule has 1 aromatic carbocycles. The van der Waals surface area contributed by atoms with Crippen LogP contribution in [0.2, 0.25) is 0 Å². The molecule has 0 aliphatic carbocycles. The summed E-state index contributed by atoms with van der Waals surface area (Å²) in [5.74, 6) is 1.43. The monoisotopic (exact) mass is 249 g/mol. The first-order valence-corrected chi connectivity index (χ1v) is 6.86. The van der Waals surface area contributed by atoms with Crippen molar-refractivity contribution in [2.24, 2.45) is 5.92 Å². The largest absolute Gasteiger partial charge is 0.492 e. The van der Waals surface area contributed by atoms with Crippen LogP contribution in [-0.4, -0.2) is 42.9 Å². The van der Waals surface area contributed by atoms with Crippen molar-refractivity contribution < 1.29 is 9.84 Å². The predicted octanol–water partition coefficient (Wildman–Crippen LogP) is 1.94. The van der Waals surface area contributed by atoms with Crippen molar-refractivity contribution in [2.75, 3.05) is 32.8 Å². The second-order valence-electron chi connectivity index (χ2n) is 4.99. The van der Waals surface area contributed by atoms with Gasteiger partial charge in [0.05, 0.1) is 0 Å². The molecule has 0 radical (unpaired) electrons. The van der Waals surface area contributed by atoms with E-state index in [9.17, 15) is 0 Å². The maximum atomic E-state index is 9.09. The van der Waals surface area contributed by atoms with Gasteiger partial charge >= 0.3 is 0 Å². The fourth-order valence-electron chi connectivity index (χ4n) is 2.41. The Kier molecular flexibility index (Phi) is 5.02. The van der Waals surface area contributed by atoms with E-state index < -0.39 is 0 Å². The van der Waals surface area contributed by atoms with E-state index in [4.69, 9.17) is 9.84 Å². The van der Waals surface area contributed by atoms with Crippen LogP contribution in [0.15, 0.2) is 24.3 Å². The van der Waals surface area contributed by atoms with E-state index in [1.165, 1.54) is 5.56 Å². The second kappa shape index (κ2) is 6.76. The number of hydrogen-bond acceptors (Lipinski definition) is 3. The fraction of sp³-hybridized carbons (Fsp3) is 0.600. The normalized spacial score (nSPS) is 20.2. The molecule has 0 bridgehead atoms. The molecule has 18 heavy (non-hydrogen) atoms. The average Bonchev–Trinajstić information content (AvgIpc) is 2.87. The molecule has 2 rings (SSSR count). The zero-order valence-electron chi connectivity index (χ0n) is 11.1. The molecule has 0 amide bonds. The number of nitrogens with zero attached hydrogens (tertiary/aromatic N) is 1. The van der Waals surface area contributed by atoms with Crippen molar-refractivity contribution in [3.8, 4) is 5.75 Å². The summed E-state index contributed by atoms with van der Waals surface area (Å²) in [6.45, 7) is 6.24. The van der Waals surface area contributed by atoms with Crippen LogP contribution in [0.25, 0.3) is 0 Å². The highest BCUT2D eigenvalue weighted by atomic mass is 16.5. The molecule has 0 spiro atoms. The van der Waals surface area contributed by atoms with Crippen molar-refractivity contribution in [1.29, 1.82) is 0 Å². The van der Waals surface area contributed by atoms with Gasteiger partial charge in [0.25, 0.3) is 0 Å². The standard InChI is InChI=1S/C15H23NO2/c1-2-13-4-3-5-15(10-13)18-9-8-16-7-6-14(11-16)12-17/h3-5,10,14,17H,2,6-9,11-12H2,1H3. The Morgan fingerprint density at radius 3 is 3.06 bits per heavy atom. The number of rotatable bonds is 6. The highest BCUT2D eigenvalue weighted by Gasteiger charge is 2.20. The molecule has 1 saturated heterocycles. The van der Waals surface area contributed by atoms with Crippen molar-refractivity contribution in [1.82, 2.24) is 4.90 Å². The number of likely N-dealkylation sites (tertiary alicyclic amines) is 1. The summed E-state index contributed by atoms with van der Waals surface area (Å²) >= 11 is 0. The van der Waals surface area contributed by atoms with Crippen LogP contribution in [0, 0.1) is 5.92 Å². The molecule has 1 heterocycles. The van der Waals surface area contributed by atoms with Crippen LogP contribution in [0.4, 0.5) is 0 Å². The lowest BCUT2D eigenvalue weighted by atomic mass is 10.1. The van der Waals surface area contributed by atoms with E-state index in [1.807, 2.05) is 12.1 Å². The molecule has 3 nitrogen and oxygen atoms in total. The predicted molar refractivity (Wildman–Crippen MR) is 72.9 cm³/mol. The molecule has 0 saturated carbocycles. The van der Waals surface area contributed by atoms with Crippen LogP contribution in [-0.2, 0) is 6.42 Å². The smallest absolute Gasteiger partial charge is 0.119 e. The van der Waals surface area contributed by atoms with E-state index in [0.29, 0.717) is 12.5 Å².